The zero-order valence-electron chi connectivity index (χ0n) is 12.7. The van der Waals surface area contributed by atoms with E-state index in [4.69, 9.17) is 5.26 Å². The van der Waals surface area contributed by atoms with E-state index in [1.807, 2.05) is 6.20 Å². The molecular weight excluding hydrogens is 294 g/mol. The Morgan fingerprint density at radius 2 is 2.27 bits per heavy atom. The van der Waals surface area contributed by atoms with Gasteiger partial charge in [-0.25, -0.2) is 15.0 Å². The number of fused-ring (bicyclic) bond motifs is 1. The smallest absolute Gasteiger partial charge is 0.133 e. The molecule has 0 spiro atoms. The molecule has 6 heteroatoms. The van der Waals surface area contributed by atoms with Gasteiger partial charge in [0, 0.05) is 30.6 Å². The third kappa shape index (κ3) is 2.95. The number of aromatic nitrogens is 3. The Morgan fingerprint density at radius 1 is 1.36 bits per heavy atom. The zero-order chi connectivity index (χ0) is 15.4. The Labute approximate surface area is 134 Å². The van der Waals surface area contributed by atoms with Crippen molar-refractivity contribution in [2.24, 2.45) is 0 Å². The Morgan fingerprint density at radius 3 is 3.09 bits per heavy atom. The van der Waals surface area contributed by atoms with Crippen LogP contribution in [0.1, 0.15) is 49.1 Å². The van der Waals surface area contributed by atoms with E-state index in [2.05, 4.69) is 33.3 Å². The SMILES string of the molecule is CCC[C@H](CCC#N)c1ncc(-c2ncnc3c2CCN3)s1. The fraction of sp³-hybridized carbons (Fsp3) is 0.500. The number of anilines is 1. The first kappa shape index (κ1) is 14.9. The number of thiazole rings is 1. The number of nitriles is 1. The van der Waals surface area contributed by atoms with E-state index in [-0.39, 0.29) is 0 Å². The van der Waals surface area contributed by atoms with Gasteiger partial charge in [-0.15, -0.1) is 11.3 Å². The molecule has 0 saturated heterocycles. The van der Waals surface area contributed by atoms with E-state index in [0.29, 0.717) is 12.3 Å². The van der Waals surface area contributed by atoms with Gasteiger partial charge in [0.2, 0.25) is 0 Å². The fourth-order valence-electron chi connectivity index (χ4n) is 2.88. The monoisotopic (exact) mass is 313 g/mol. The zero-order valence-corrected chi connectivity index (χ0v) is 13.5. The van der Waals surface area contributed by atoms with E-state index in [0.717, 1.165) is 53.6 Å². The first-order valence-corrected chi connectivity index (χ1v) is 8.56. The van der Waals surface area contributed by atoms with Gasteiger partial charge in [-0.1, -0.05) is 13.3 Å². The molecule has 3 rings (SSSR count). The number of hydrogen-bond acceptors (Lipinski definition) is 6. The van der Waals surface area contributed by atoms with Crippen LogP contribution in [0.5, 0.6) is 0 Å². The first-order chi connectivity index (χ1) is 10.8. The standard InChI is InChI=1S/C16H19N5S/c1-2-4-11(5-3-7-17)16-19-9-13(22-16)14-12-6-8-18-15(12)21-10-20-14/h9-11H,2-6,8H2,1H3,(H,18,20,21)/t11-/m1/s1. The van der Waals surface area contributed by atoms with Crippen molar-refractivity contribution in [3.8, 4) is 16.6 Å². The highest BCUT2D eigenvalue weighted by molar-refractivity contribution is 7.15. The minimum Gasteiger partial charge on any atom is -0.369 e. The molecule has 2 aromatic rings. The van der Waals surface area contributed by atoms with Gasteiger partial charge in [0.1, 0.15) is 12.1 Å². The molecule has 1 aliphatic rings. The van der Waals surface area contributed by atoms with E-state index >= 15 is 0 Å². The van der Waals surface area contributed by atoms with Crippen LogP contribution >= 0.6 is 11.3 Å². The number of rotatable bonds is 6. The normalized spacial score (nSPS) is 14.2. The molecule has 0 saturated carbocycles. The average molecular weight is 313 g/mol. The molecule has 0 aromatic carbocycles. The maximum Gasteiger partial charge on any atom is 0.133 e. The van der Waals surface area contributed by atoms with Crippen LogP contribution in [0.25, 0.3) is 10.6 Å². The van der Waals surface area contributed by atoms with Gasteiger partial charge >= 0.3 is 0 Å². The van der Waals surface area contributed by atoms with E-state index in [1.54, 1.807) is 17.7 Å². The van der Waals surface area contributed by atoms with Gasteiger partial charge < -0.3 is 5.32 Å². The van der Waals surface area contributed by atoms with Crippen LogP contribution in [0, 0.1) is 11.3 Å². The molecule has 5 nitrogen and oxygen atoms in total. The predicted octanol–water partition coefficient (Wildman–Crippen LogP) is 3.76. The van der Waals surface area contributed by atoms with Crippen LogP contribution in [-0.2, 0) is 6.42 Å². The van der Waals surface area contributed by atoms with E-state index in [9.17, 15) is 0 Å². The summed E-state index contributed by atoms with van der Waals surface area (Å²) in [6.07, 6.45) is 8.18. The molecule has 0 fully saturated rings. The molecule has 3 heterocycles. The first-order valence-electron chi connectivity index (χ1n) is 7.74. The Balaban J connectivity index is 1.87. The summed E-state index contributed by atoms with van der Waals surface area (Å²) in [5.41, 5.74) is 2.20. The minimum atomic E-state index is 0.386. The predicted molar refractivity (Wildman–Crippen MR) is 87.8 cm³/mol. The van der Waals surface area contributed by atoms with Crippen LogP contribution < -0.4 is 5.32 Å². The van der Waals surface area contributed by atoms with Gasteiger partial charge in [-0.2, -0.15) is 5.26 Å². The summed E-state index contributed by atoms with van der Waals surface area (Å²) in [6.45, 7) is 3.10. The molecule has 0 radical (unpaired) electrons. The maximum atomic E-state index is 8.83. The Hall–Kier alpha value is -2.00. The molecule has 0 bridgehead atoms. The largest absolute Gasteiger partial charge is 0.369 e. The number of nitrogens with one attached hydrogen (secondary N) is 1. The summed E-state index contributed by atoms with van der Waals surface area (Å²) >= 11 is 1.71. The Bertz CT molecular complexity index is 688. The van der Waals surface area contributed by atoms with Gasteiger partial charge in [0.15, 0.2) is 0 Å². The maximum absolute atomic E-state index is 8.83. The van der Waals surface area contributed by atoms with Gasteiger partial charge in [0.05, 0.1) is 21.6 Å². The van der Waals surface area contributed by atoms with Crippen molar-refractivity contribution < 1.29 is 0 Å². The molecule has 1 N–H and O–H groups in total. The average Bonchev–Trinajstić information content (AvgIpc) is 3.19. The molecule has 0 aliphatic carbocycles. The fourth-order valence-corrected chi connectivity index (χ4v) is 4.00. The molecule has 1 atom stereocenters. The van der Waals surface area contributed by atoms with Crippen molar-refractivity contribution in [1.82, 2.24) is 15.0 Å². The molecule has 114 valence electrons. The van der Waals surface area contributed by atoms with Crippen LogP contribution in [0.4, 0.5) is 5.82 Å². The molecule has 22 heavy (non-hydrogen) atoms. The summed E-state index contributed by atoms with van der Waals surface area (Å²) in [5, 5.41) is 13.2. The highest BCUT2D eigenvalue weighted by Crippen LogP contribution is 2.36. The lowest BCUT2D eigenvalue weighted by atomic mass is 9.99. The van der Waals surface area contributed by atoms with Gasteiger partial charge in [-0.3, -0.25) is 0 Å². The second-order valence-electron chi connectivity index (χ2n) is 5.47. The van der Waals surface area contributed by atoms with Crippen molar-refractivity contribution >= 4 is 17.2 Å². The summed E-state index contributed by atoms with van der Waals surface area (Å²) in [7, 11) is 0. The minimum absolute atomic E-state index is 0.386. The lowest BCUT2D eigenvalue weighted by molar-refractivity contribution is 0.573. The van der Waals surface area contributed by atoms with E-state index < -0.39 is 0 Å². The third-order valence-electron chi connectivity index (χ3n) is 3.96. The summed E-state index contributed by atoms with van der Waals surface area (Å²) in [6, 6.07) is 2.25. The quantitative estimate of drug-likeness (QED) is 0.879. The Kier molecular flexibility index (Phi) is 4.64. The second kappa shape index (κ2) is 6.84. The van der Waals surface area contributed by atoms with Crippen molar-refractivity contribution in [1.29, 1.82) is 5.26 Å². The molecule has 0 unspecified atom stereocenters. The van der Waals surface area contributed by atoms with Crippen LogP contribution in [-0.4, -0.2) is 21.5 Å². The van der Waals surface area contributed by atoms with Crippen molar-refractivity contribution in [3.05, 3.63) is 23.1 Å². The van der Waals surface area contributed by atoms with Crippen molar-refractivity contribution in [3.63, 3.8) is 0 Å². The van der Waals surface area contributed by atoms with E-state index in [1.165, 1.54) is 5.56 Å². The number of hydrogen-bond donors (Lipinski definition) is 1. The van der Waals surface area contributed by atoms with Crippen molar-refractivity contribution in [2.75, 3.05) is 11.9 Å². The molecule has 0 amide bonds. The highest BCUT2D eigenvalue weighted by Gasteiger charge is 2.21. The molecule has 2 aromatic heterocycles. The third-order valence-corrected chi connectivity index (χ3v) is 5.13. The highest BCUT2D eigenvalue weighted by atomic mass is 32.1. The van der Waals surface area contributed by atoms with Crippen LogP contribution in [0.15, 0.2) is 12.5 Å². The molecular formula is C16H19N5S. The lowest BCUT2D eigenvalue weighted by Gasteiger charge is -2.10. The topological polar surface area (TPSA) is 74.5 Å². The second-order valence-corrected chi connectivity index (χ2v) is 6.53. The summed E-state index contributed by atoms with van der Waals surface area (Å²) < 4.78 is 0. The van der Waals surface area contributed by atoms with Crippen LogP contribution in [0.2, 0.25) is 0 Å². The van der Waals surface area contributed by atoms with Crippen LogP contribution in [0.3, 0.4) is 0 Å². The summed E-state index contributed by atoms with van der Waals surface area (Å²) in [5.74, 6) is 1.34. The molecule has 1 aliphatic heterocycles. The summed E-state index contributed by atoms with van der Waals surface area (Å²) in [4.78, 5) is 14.5. The number of nitrogens with zero attached hydrogens (tertiary/aromatic N) is 4. The lowest BCUT2D eigenvalue weighted by Crippen LogP contribution is -1.97. The van der Waals surface area contributed by atoms with Crippen molar-refractivity contribution in [2.45, 2.75) is 44.9 Å². The van der Waals surface area contributed by atoms with Gasteiger partial charge in [-0.05, 0) is 19.3 Å². The van der Waals surface area contributed by atoms with Gasteiger partial charge in [0.25, 0.3) is 0 Å².